The Bertz CT molecular complexity index is 402. The van der Waals surface area contributed by atoms with Crippen LogP contribution in [-0.2, 0) is 0 Å². The van der Waals surface area contributed by atoms with E-state index in [2.05, 4.69) is 20.6 Å². The lowest BCUT2D eigenvalue weighted by molar-refractivity contribution is 0.142. The van der Waals surface area contributed by atoms with Crippen LogP contribution >= 0.6 is 0 Å². The van der Waals surface area contributed by atoms with Crippen LogP contribution in [0.1, 0.15) is 31.2 Å². The molecule has 0 saturated heterocycles. The minimum atomic E-state index is 0.0389. The standard InChI is InChI=1S/C13H22N4O/c1-10-7-15-12(14-2)17-11(10)16-8-13(9-18)5-3-4-6-13/h7,18H,3-6,8-9H2,1-2H3,(H2,14,15,16,17). The largest absolute Gasteiger partial charge is 0.396 e. The molecule has 3 N–H and O–H groups in total. The summed E-state index contributed by atoms with van der Waals surface area (Å²) in [7, 11) is 1.81. The fourth-order valence-electron chi connectivity index (χ4n) is 2.53. The van der Waals surface area contributed by atoms with Gasteiger partial charge in [0, 0.05) is 30.8 Å². The summed E-state index contributed by atoms with van der Waals surface area (Å²) in [5, 5.41) is 15.9. The Morgan fingerprint density at radius 2 is 2.11 bits per heavy atom. The van der Waals surface area contributed by atoms with Crippen LogP contribution in [0.5, 0.6) is 0 Å². The third-order valence-electron chi connectivity index (χ3n) is 3.83. The highest BCUT2D eigenvalue weighted by atomic mass is 16.3. The van der Waals surface area contributed by atoms with E-state index in [1.807, 2.05) is 6.92 Å². The van der Waals surface area contributed by atoms with Crippen molar-refractivity contribution in [3.05, 3.63) is 11.8 Å². The number of hydrogen-bond donors (Lipinski definition) is 3. The van der Waals surface area contributed by atoms with Gasteiger partial charge in [-0.2, -0.15) is 4.98 Å². The molecule has 100 valence electrons. The summed E-state index contributed by atoms with van der Waals surface area (Å²) >= 11 is 0. The van der Waals surface area contributed by atoms with E-state index in [9.17, 15) is 5.11 Å². The number of aryl methyl sites for hydroxylation is 1. The van der Waals surface area contributed by atoms with Crippen LogP contribution in [0.2, 0.25) is 0 Å². The average Bonchev–Trinajstić information content (AvgIpc) is 2.87. The number of aromatic nitrogens is 2. The first-order chi connectivity index (χ1) is 8.69. The minimum absolute atomic E-state index is 0.0389. The van der Waals surface area contributed by atoms with Crippen LogP contribution < -0.4 is 10.6 Å². The SMILES string of the molecule is CNc1ncc(C)c(NCC2(CO)CCCC2)n1. The van der Waals surface area contributed by atoms with Crippen molar-refractivity contribution in [1.82, 2.24) is 9.97 Å². The van der Waals surface area contributed by atoms with Crippen molar-refractivity contribution in [2.75, 3.05) is 30.8 Å². The predicted octanol–water partition coefficient (Wildman–Crippen LogP) is 1.79. The first-order valence-corrected chi connectivity index (χ1v) is 6.55. The molecular weight excluding hydrogens is 228 g/mol. The van der Waals surface area contributed by atoms with Gasteiger partial charge < -0.3 is 15.7 Å². The number of nitrogens with zero attached hydrogens (tertiary/aromatic N) is 2. The topological polar surface area (TPSA) is 70.1 Å². The highest BCUT2D eigenvalue weighted by Crippen LogP contribution is 2.37. The Morgan fingerprint density at radius 1 is 1.39 bits per heavy atom. The van der Waals surface area contributed by atoms with Crippen molar-refractivity contribution in [3.63, 3.8) is 0 Å². The maximum absolute atomic E-state index is 9.58. The van der Waals surface area contributed by atoms with Crippen LogP contribution in [-0.4, -0.2) is 35.3 Å². The smallest absolute Gasteiger partial charge is 0.224 e. The lowest BCUT2D eigenvalue weighted by Crippen LogP contribution is -2.31. The van der Waals surface area contributed by atoms with Crippen LogP contribution in [0.25, 0.3) is 0 Å². The number of aliphatic hydroxyl groups is 1. The molecule has 0 aromatic carbocycles. The highest BCUT2D eigenvalue weighted by Gasteiger charge is 2.33. The molecule has 5 nitrogen and oxygen atoms in total. The minimum Gasteiger partial charge on any atom is -0.396 e. The summed E-state index contributed by atoms with van der Waals surface area (Å²) in [6.07, 6.45) is 6.43. The van der Waals surface area contributed by atoms with Crippen LogP contribution in [0.3, 0.4) is 0 Å². The van der Waals surface area contributed by atoms with Crippen molar-refractivity contribution in [2.45, 2.75) is 32.6 Å². The molecule has 0 unspecified atom stereocenters. The van der Waals surface area contributed by atoms with Gasteiger partial charge in [-0.1, -0.05) is 12.8 Å². The molecule has 1 saturated carbocycles. The number of anilines is 2. The lowest BCUT2D eigenvalue weighted by Gasteiger charge is -2.27. The van der Waals surface area contributed by atoms with E-state index in [1.54, 1.807) is 13.2 Å². The molecule has 0 bridgehead atoms. The molecule has 5 heteroatoms. The molecule has 0 spiro atoms. The van der Waals surface area contributed by atoms with Gasteiger partial charge >= 0.3 is 0 Å². The molecule has 1 fully saturated rings. The fourth-order valence-corrected chi connectivity index (χ4v) is 2.53. The summed E-state index contributed by atoms with van der Waals surface area (Å²) in [5.41, 5.74) is 1.07. The molecule has 2 rings (SSSR count). The van der Waals surface area contributed by atoms with E-state index in [0.29, 0.717) is 5.95 Å². The van der Waals surface area contributed by atoms with Gasteiger partial charge in [0.1, 0.15) is 5.82 Å². The molecule has 1 aliphatic carbocycles. The van der Waals surface area contributed by atoms with Gasteiger partial charge in [0.15, 0.2) is 0 Å². The summed E-state index contributed by atoms with van der Waals surface area (Å²) in [6.45, 7) is 3.02. The molecule has 0 amide bonds. The van der Waals surface area contributed by atoms with Crippen molar-refractivity contribution in [2.24, 2.45) is 5.41 Å². The second-order valence-corrected chi connectivity index (χ2v) is 5.19. The molecule has 0 aliphatic heterocycles. The fraction of sp³-hybridized carbons (Fsp3) is 0.692. The molecule has 1 aliphatic rings. The van der Waals surface area contributed by atoms with Crippen molar-refractivity contribution in [3.8, 4) is 0 Å². The van der Waals surface area contributed by atoms with Crippen molar-refractivity contribution in [1.29, 1.82) is 0 Å². The van der Waals surface area contributed by atoms with Gasteiger partial charge in [0.2, 0.25) is 5.95 Å². The highest BCUT2D eigenvalue weighted by molar-refractivity contribution is 5.46. The summed E-state index contributed by atoms with van der Waals surface area (Å²) in [6, 6.07) is 0. The van der Waals surface area contributed by atoms with Gasteiger partial charge in [-0.15, -0.1) is 0 Å². The number of rotatable bonds is 5. The van der Waals surface area contributed by atoms with Gasteiger partial charge in [-0.3, -0.25) is 0 Å². The predicted molar refractivity (Wildman–Crippen MR) is 72.8 cm³/mol. The number of hydrogen-bond acceptors (Lipinski definition) is 5. The summed E-state index contributed by atoms with van der Waals surface area (Å²) in [4.78, 5) is 8.57. The Hall–Kier alpha value is -1.36. The molecular formula is C13H22N4O. The van der Waals surface area contributed by atoms with Gasteiger partial charge in [-0.25, -0.2) is 4.98 Å². The summed E-state index contributed by atoms with van der Waals surface area (Å²) in [5.74, 6) is 1.47. The normalized spacial score (nSPS) is 17.7. The van der Waals surface area contributed by atoms with E-state index in [0.717, 1.165) is 30.8 Å². The van der Waals surface area contributed by atoms with E-state index in [1.165, 1.54) is 12.8 Å². The van der Waals surface area contributed by atoms with E-state index < -0.39 is 0 Å². The zero-order valence-corrected chi connectivity index (χ0v) is 11.2. The Morgan fingerprint density at radius 3 is 2.72 bits per heavy atom. The second kappa shape index (κ2) is 5.52. The zero-order chi connectivity index (χ0) is 13.0. The maximum Gasteiger partial charge on any atom is 0.224 e. The lowest BCUT2D eigenvalue weighted by atomic mass is 9.87. The first-order valence-electron chi connectivity index (χ1n) is 6.55. The quantitative estimate of drug-likeness (QED) is 0.743. The maximum atomic E-state index is 9.58. The van der Waals surface area contributed by atoms with Gasteiger partial charge in [-0.05, 0) is 19.8 Å². The van der Waals surface area contributed by atoms with Crippen molar-refractivity contribution >= 4 is 11.8 Å². The Labute approximate surface area is 108 Å². The molecule has 0 atom stereocenters. The second-order valence-electron chi connectivity index (χ2n) is 5.19. The first kappa shape index (κ1) is 13.1. The Kier molecular flexibility index (Phi) is 4.01. The molecule has 1 aromatic heterocycles. The molecule has 18 heavy (non-hydrogen) atoms. The zero-order valence-electron chi connectivity index (χ0n) is 11.2. The van der Waals surface area contributed by atoms with Crippen molar-refractivity contribution < 1.29 is 5.11 Å². The van der Waals surface area contributed by atoms with E-state index >= 15 is 0 Å². The van der Waals surface area contributed by atoms with E-state index in [-0.39, 0.29) is 12.0 Å². The molecule has 0 radical (unpaired) electrons. The number of nitrogens with one attached hydrogen (secondary N) is 2. The summed E-state index contributed by atoms with van der Waals surface area (Å²) < 4.78 is 0. The van der Waals surface area contributed by atoms with Gasteiger partial charge in [0.05, 0.1) is 6.61 Å². The average molecular weight is 250 g/mol. The van der Waals surface area contributed by atoms with Crippen LogP contribution in [0.4, 0.5) is 11.8 Å². The third kappa shape index (κ3) is 2.72. The third-order valence-corrected chi connectivity index (χ3v) is 3.83. The van der Waals surface area contributed by atoms with Crippen LogP contribution in [0.15, 0.2) is 6.20 Å². The Balaban J connectivity index is 2.05. The van der Waals surface area contributed by atoms with Crippen LogP contribution in [0, 0.1) is 12.3 Å². The monoisotopic (exact) mass is 250 g/mol. The molecule has 1 aromatic rings. The van der Waals surface area contributed by atoms with Gasteiger partial charge in [0.25, 0.3) is 0 Å². The van der Waals surface area contributed by atoms with E-state index in [4.69, 9.17) is 0 Å². The molecule has 1 heterocycles. The number of aliphatic hydroxyl groups excluding tert-OH is 1.